The van der Waals surface area contributed by atoms with Crippen LogP contribution in [0.1, 0.15) is 46.6 Å². The number of hydrogen-bond donors (Lipinski definition) is 1. The van der Waals surface area contributed by atoms with Crippen LogP contribution in [-0.2, 0) is 25.6 Å². The number of nitrogens with one attached hydrogen (secondary N) is 1. The fourth-order valence-electron chi connectivity index (χ4n) is 2.57. The summed E-state index contributed by atoms with van der Waals surface area (Å²) < 4.78 is 10.1. The van der Waals surface area contributed by atoms with Gasteiger partial charge in [-0.2, -0.15) is 0 Å². The molecule has 0 saturated carbocycles. The Hall–Kier alpha value is -2.57. The van der Waals surface area contributed by atoms with Crippen LogP contribution < -0.4 is 5.32 Å². The highest BCUT2D eigenvalue weighted by atomic mass is 16.6. The number of rotatable bonds is 7. The van der Waals surface area contributed by atoms with Crippen molar-refractivity contribution in [3.63, 3.8) is 0 Å². The number of esters is 1. The van der Waals surface area contributed by atoms with Crippen LogP contribution >= 0.6 is 0 Å². The second-order valence-corrected chi connectivity index (χ2v) is 7.27. The minimum atomic E-state index is -0.859. The van der Waals surface area contributed by atoms with Gasteiger partial charge in [0.25, 0.3) is 0 Å². The zero-order valence-electron chi connectivity index (χ0n) is 16.9. The van der Waals surface area contributed by atoms with E-state index in [1.807, 2.05) is 30.3 Å². The van der Waals surface area contributed by atoms with Crippen molar-refractivity contribution >= 4 is 18.0 Å². The number of carbonyl (C=O) groups excluding carboxylic acids is 3. The molecule has 0 saturated heterocycles. The molecular formula is C20H30N2O5. The van der Waals surface area contributed by atoms with Gasteiger partial charge in [0.05, 0.1) is 7.11 Å². The van der Waals surface area contributed by atoms with Crippen LogP contribution in [0.3, 0.4) is 0 Å². The first-order valence-corrected chi connectivity index (χ1v) is 9.00. The lowest BCUT2D eigenvalue weighted by molar-refractivity contribution is -0.154. The molecule has 2 atom stereocenters. The lowest BCUT2D eigenvalue weighted by atomic mass is 10.1. The van der Waals surface area contributed by atoms with Crippen molar-refractivity contribution in [1.82, 2.24) is 10.2 Å². The highest BCUT2D eigenvalue weighted by molar-refractivity contribution is 5.89. The number of amides is 2. The molecule has 0 spiro atoms. The minimum absolute atomic E-state index is 0.230. The van der Waals surface area contributed by atoms with Gasteiger partial charge in [-0.05, 0) is 39.7 Å². The fourth-order valence-corrected chi connectivity index (χ4v) is 2.57. The predicted octanol–water partition coefficient (Wildman–Crippen LogP) is 2.88. The molecule has 0 aliphatic carbocycles. The molecule has 0 aliphatic rings. The van der Waals surface area contributed by atoms with E-state index in [1.165, 1.54) is 12.0 Å². The fraction of sp³-hybridized carbons (Fsp3) is 0.550. The van der Waals surface area contributed by atoms with Crippen molar-refractivity contribution in [3.05, 3.63) is 35.9 Å². The largest absolute Gasteiger partial charge is 0.467 e. The summed E-state index contributed by atoms with van der Waals surface area (Å²) in [7, 11) is 1.29. The van der Waals surface area contributed by atoms with Gasteiger partial charge in [-0.3, -0.25) is 4.79 Å². The molecule has 0 fully saturated rings. The third-order valence-electron chi connectivity index (χ3n) is 3.82. The summed E-state index contributed by atoms with van der Waals surface area (Å²) >= 11 is 0. The van der Waals surface area contributed by atoms with Gasteiger partial charge in [0, 0.05) is 6.54 Å². The van der Waals surface area contributed by atoms with Gasteiger partial charge in [0.2, 0.25) is 5.91 Å². The lowest BCUT2D eigenvalue weighted by Gasteiger charge is -2.32. The minimum Gasteiger partial charge on any atom is -0.467 e. The molecule has 150 valence electrons. The Bertz CT molecular complexity index is 640. The molecule has 1 aromatic rings. The maximum atomic E-state index is 13.0. The van der Waals surface area contributed by atoms with Gasteiger partial charge in [-0.25, -0.2) is 9.59 Å². The van der Waals surface area contributed by atoms with Gasteiger partial charge in [0.1, 0.15) is 17.7 Å². The molecule has 0 heterocycles. The van der Waals surface area contributed by atoms with Gasteiger partial charge < -0.3 is 19.7 Å². The Morgan fingerprint density at radius 3 is 2.22 bits per heavy atom. The van der Waals surface area contributed by atoms with E-state index in [0.717, 1.165) is 5.56 Å². The summed E-state index contributed by atoms with van der Waals surface area (Å²) in [6.07, 6.45) is -0.293. The molecule has 27 heavy (non-hydrogen) atoms. The first-order valence-electron chi connectivity index (χ1n) is 9.00. The van der Waals surface area contributed by atoms with Crippen molar-refractivity contribution in [3.8, 4) is 0 Å². The number of alkyl carbamates (subject to hydrolysis) is 1. The van der Waals surface area contributed by atoms with E-state index in [4.69, 9.17) is 9.47 Å². The molecule has 7 heteroatoms. The number of nitrogens with zero attached hydrogens (tertiary/aromatic N) is 1. The number of hydrogen-bond acceptors (Lipinski definition) is 5. The molecule has 0 radical (unpaired) electrons. The van der Waals surface area contributed by atoms with Crippen molar-refractivity contribution in [2.75, 3.05) is 7.11 Å². The van der Waals surface area contributed by atoms with Crippen LogP contribution in [-0.4, -0.2) is 47.7 Å². The Labute approximate surface area is 161 Å². The van der Waals surface area contributed by atoms with Crippen molar-refractivity contribution in [1.29, 1.82) is 0 Å². The van der Waals surface area contributed by atoms with E-state index in [-0.39, 0.29) is 12.5 Å². The molecule has 1 N–H and O–H groups in total. The van der Waals surface area contributed by atoms with E-state index < -0.39 is 29.7 Å². The number of benzene rings is 1. The average Bonchev–Trinajstić information content (AvgIpc) is 2.59. The standard InChI is InChI=1S/C20H30N2O5/c1-7-16(18(24)26-6)22(13-15-11-9-8-10-12-15)17(23)14(2)21-19(25)27-20(3,4)5/h8-12,14,16H,7,13H2,1-6H3,(H,21,25)/t14-,16+/m1/s1. The second-order valence-electron chi connectivity index (χ2n) is 7.27. The van der Waals surface area contributed by atoms with E-state index >= 15 is 0 Å². The van der Waals surface area contributed by atoms with Crippen LogP contribution in [0.2, 0.25) is 0 Å². The van der Waals surface area contributed by atoms with Crippen molar-refractivity contribution in [2.24, 2.45) is 0 Å². The van der Waals surface area contributed by atoms with Crippen LogP contribution in [0.4, 0.5) is 4.79 Å². The van der Waals surface area contributed by atoms with E-state index in [1.54, 1.807) is 34.6 Å². The Balaban J connectivity index is 3.00. The molecule has 7 nitrogen and oxygen atoms in total. The van der Waals surface area contributed by atoms with E-state index in [0.29, 0.717) is 6.42 Å². The highest BCUT2D eigenvalue weighted by Crippen LogP contribution is 2.15. The van der Waals surface area contributed by atoms with E-state index in [9.17, 15) is 14.4 Å². The normalized spacial score (nSPS) is 13.3. The zero-order valence-corrected chi connectivity index (χ0v) is 16.9. The third-order valence-corrected chi connectivity index (χ3v) is 3.82. The SMILES string of the molecule is CC[C@@H](C(=O)OC)N(Cc1ccccc1)C(=O)[C@@H](C)NC(=O)OC(C)(C)C. The summed E-state index contributed by atoms with van der Waals surface area (Å²) in [6, 6.07) is 7.73. The monoisotopic (exact) mass is 378 g/mol. The van der Waals surface area contributed by atoms with E-state index in [2.05, 4.69) is 5.32 Å². The Morgan fingerprint density at radius 2 is 1.74 bits per heavy atom. The quantitative estimate of drug-likeness (QED) is 0.738. The average molecular weight is 378 g/mol. The summed E-state index contributed by atoms with van der Waals surface area (Å²) in [4.78, 5) is 38.6. The first-order chi connectivity index (χ1) is 12.6. The molecule has 1 rings (SSSR count). The topological polar surface area (TPSA) is 84.9 Å². The summed E-state index contributed by atoms with van der Waals surface area (Å²) in [5.41, 5.74) is 0.201. The van der Waals surface area contributed by atoms with Gasteiger partial charge >= 0.3 is 12.1 Å². The van der Waals surface area contributed by atoms with Crippen LogP contribution in [0.5, 0.6) is 0 Å². The van der Waals surface area contributed by atoms with Gasteiger partial charge in [-0.1, -0.05) is 37.3 Å². The molecule has 0 aromatic heterocycles. The molecule has 1 aromatic carbocycles. The zero-order chi connectivity index (χ0) is 20.6. The smallest absolute Gasteiger partial charge is 0.408 e. The molecular weight excluding hydrogens is 348 g/mol. The third kappa shape index (κ3) is 7.29. The number of ether oxygens (including phenoxy) is 2. The first kappa shape index (κ1) is 22.5. The van der Waals surface area contributed by atoms with Crippen molar-refractivity contribution < 1.29 is 23.9 Å². The second kappa shape index (κ2) is 9.94. The van der Waals surface area contributed by atoms with Crippen LogP contribution in [0, 0.1) is 0 Å². The molecule has 2 amide bonds. The van der Waals surface area contributed by atoms with Gasteiger partial charge in [-0.15, -0.1) is 0 Å². The Morgan fingerprint density at radius 1 is 1.15 bits per heavy atom. The van der Waals surface area contributed by atoms with Crippen LogP contribution in [0.15, 0.2) is 30.3 Å². The van der Waals surface area contributed by atoms with Crippen LogP contribution in [0.25, 0.3) is 0 Å². The molecule has 0 aliphatic heterocycles. The summed E-state index contributed by atoms with van der Waals surface area (Å²) in [5, 5.41) is 2.53. The Kier molecular flexibility index (Phi) is 8.28. The maximum Gasteiger partial charge on any atom is 0.408 e. The number of methoxy groups -OCH3 is 1. The van der Waals surface area contributed by atoms with Crippen molar-refractivity contribution in [2.45, 2.75) is 65.3 Å². The molecule has 0 bridgehead atoms. The maximum absolute atomic E-state index is 13.0. The summed E-state index contributed by atoms with van der Waals surface area (Å²) in [5.74, 6) is -0.881. The predicted molar refractivity (Wildman–Crippen MR) is 102 cm³/mol. The number of carbonyl (C=O) groups is 3. The lowest BCUT2D eigenvalue weighted by Crippen LogP contribution is -2.53. The van der Waals surface area contributed by atoms with Gasteiger partial charge in [0.15, 0.2) is 0 Å². The highest BCUT2D eigenvalue weighted by Gasteiger charge is 2.33. The molecule has 0 unspecified atom stereocenters. The summed E-state index contributed by atoms with van der Waals surface area (Å²) in [6.45, 7) is 8.82.